The van der Waals surface area contributed by atoms with E-state index in [4.69, 9.17) is 0 Å². The second kappa shape index (κ2) is 12.9. The van der Waals surface area contributed by atoms with Gasteiger partial charge >= 0.3 is 0 Å². The number of halogens is 2. The Labute approximate surface area is 161 Å². The van der Waals surface area contributed by atoms with Crippen LogP contribution in [0.2, 0.25) is 0 Å². The fourth-order valence-electron chi connectivity index (χ4n) is 2.63. The predicted molar refractivity (Wildman–Crippen MR) is 105 cm³/mol. The molecule has 6 nitrogen and oxygen atoms in total. The molecule has 1 saturated heterocycles. The Hall–Kier alpha value is -1.34. The standard InChI is InChI=1S/C17H26N4O2.2ClH/c1-18-13-16(22)20-12-14-4-6-15(7-5-14)17(23)19-8-11-21-9-2-3-10-21;;/h4-7,18H,2-3,8-13H2,1H3,(H,19,23)(H,20,22);2*1H. The third kappa shape index (κ3) is 8.54. The average molecular weight is 391 g/mol. The van der Waals surface area contributed by atoms with Gasteiger partial charge in [0.25, 0.3) is 5.91 Å². The number of carbonyl (C=O) groups excluding carboxylic acids is 2. The second-order valence-corrected chi connectivity index (χ2v) is 5.81. The summed E-state index contributed by atoms with van der Waals surface area (Å²) < 4.78 is 0. The fraction of sp³-hybridized carbons (Fsp3) is 0.529. The minimum Gasteiger partial charge on any atom is -0.351 e. The first-order chi connectivity index (χ1) is 11.2. The zero-order valence-electron chi connectivity index (χ0n) is 14.5. The van der Waals surface area contributed by atoms with Crippen molar-refractivity contribution >= 4 is 36.6 Å². The predicted octanol–water partition coefficient (Wildman–Crippen LogP) is 1.19. The Morgan fingerprint density at radius 3 is 2.28 bits per heavy atom. The van der Waals surface area contributed by atoms with Crippen LogP contribution in [0.1, 0.15) is 28.8 Å². The van der Waals surface area contributed by atoms with Crippen molar-refractivity contribution in [1.29, 1.82) is 0 Å². The molecular weight excluding hydrogens is 363 g/mol. The van der Waals surface area contributed by atoms with E-state index in [-0.39, 0.29) is 36.6 Å². The molecular formula is C17H28Cl2N4O2. The van der Waals surface area contributed by atoms with E-state index in [0.29, 0.717) is 25.2 Å². The maximum Gasteiger partial charge on any atom is 0.251 e. The van der Waals surface area contributed by atoms with Gasteiger partial charge in [-0.2, -0.15) is 0 Å². The van der Waals surface area contributed by atoms with Gasteiger partial charge in [0.2, 0.25) is 5.91 Å². The smallest absolute Gasteiger partial charge is 0.251 e. The van der Waals surface area contributed by atoms with Gasteiger partial charge in [-0.25, -0.2) is 0 Å². The van der Waals surface area contributed by atoms with Crippen LogP contribution in [0.15, 0.2) is 24.3 Å². The summed E-state index contributed by atoms with van der Waals surface area (Å²) in [6.45, 7) is 4.66. The van der Waals surface area contributed by atoms with Crippen molar-refractivity contribution in [3.8, 4) is 0 Å². The molecule has 1 aromatic rings. The largest absolute Gasteiger partial charge is 0.351 e. The third-order valence-electron chi connectivity index (χ3n) is 3.96. The van der Waals surface area contributed by atoms with E-state index < -0.39 is 0 Å². The molecule has 3 N–H and O–H groups in total. The molecule has 0 unspecified atom stereocenters. The van der Waals surface area contributed by atoms with Crippen LogP contribution in [0.3, 0.4) is 0 Å². The van der Waals surface area contributed by atoms with Gasteiger partial charge in [0, 0.05) is 25.2 Å². The highest BCUT2D eigenvalue weighted by Crippen LogP contribution is 2.06. The molecule has 142 valence electrons. The number of benzene rings is 1. The third-order valence-corrected chi connectivity index (χ3v) is 3.96. The maximum absolute atomic E-state index is 12.1. The Bertz CT molecular complexity index is 520. The summed E-state index contributed by atoms with van der Waals surface area (Å²) >= 11 is 0. The molecule has 0 bridgehead atoms. The molecule has 0 saturated carbocycles. The summed E-state index contributed by atoms with van der Waals surface area (Å²) in [4.78, 5) is 25.8. The van der Waals surface area contributed by atoms with Crippen LogP contribution in [0, 0.1) is 0 Å². The fourth-order valence-corrected chi connectivity index (χ4v) is 2.63. The van der Waals surface area contributed by atoms with Gasteiger partial charge in [-0.3, -0.25) is 9.59 Å². The summed E-state index contributed by atoms with van der Waals surface area (Å²) in [6.07, 6.45) is 2.53. The van der Waals surface area contributed by atoms with Crippen LogP contribution < -0.4 is 16.0 Å². The lowest BCUT2D eigenvalue weighted by molar-refractivity contribution is -0.120. The van der Waals surface area contributed by atoms with Crippen LogP contribution in [0.4, 0.5) is 0 Å². The summed E-state index contributed by atoms with van der Waals surface area (Å²) in [6, 6.07) is 7.33. The van der Waals surface area contributed by atoms with Crippen LogP contribution in [-0.4, -0.2) is 56.5 Å². The van der Waals surface area contributed by atoms with E-state index in [1.54, 1.807) is 19.2 Å². The molecule has 1 aromatic carbocycles. The lowest BCUT2D eigenvalue weighted by Crippen LogP contribution is -2.33. The van der Waals surface area contributed by atoms with Gasteiger partial charge in [-0.1, -0.05) is 12.1 Å². The highest BCUT2D eigenvalue weighted by atomic mass is 35.5. The summed E-state index contributed by atoms with van der Waals surface area (Å²) in [5.41, 5.74) is 1.62. The number of hydrogen-bond acceptors (Lipinski definition) is 4. The van der Waals surface area contributed by atoms with E-state index in [2.05, 4.69) is 20.9 Å². The molecule has 1 fully saturated rings. The first-order valence-corrected chi connectivity index (χ1v) is 8.20. The molecule has 2 rings (SSSR count). The topological polar surface area (TPSA) is 73.5 Å². The van der Waals surface area contributed by atoms with Crippen LogP contribution in [-0.2, 0) is 11.3 Å². The zero-order valence-corrected chi connectivity index (χ0v) is 16.2. The Balaban J connectivity index is 0.00000288. The number of carbonyl (C=O) groups is 2. The van der Waals surface area contributed by atoms with E-state index in [1.807, 2.05) is 12.1 Å². The average Bonchev–Trinajstić information content (AvgIpc) is 3.07. The molecule has 8 heteroatoms. The van der Waals surface area contributed by atoms with Crippen molar-refractivity contribution in [2.75, 3.05) is 39.8 Å². The maximum atomic E-state index is 12.1. The number of likely N-dealkylation sites (tertiary alicyclic amines) is 1. The molecule has 0 aromatic heterocycles. The molecule has 1 heterocycles. The van der Waals surface area contributed by atoms with Crippen LogP contribution in [0.5, 0.6) is 0 Å². The van der Waals surface area contributed by atoms with Gasteiger partial charge in [0.05, 0.1) is 6.54 Å². The number of hydrogen-bond donors (Lipinski definition) is 3. The van der Waals surface area contributed by atoms with Crippen LogP contribution in [0.25, 0.3) is 0 Å². The molecule has 0 spiro atoms. The Kier molecular flexibility index (Phi) is 12.2. The van der Waals surface area contributed by atoms with Crippen molar-refractivity contribution in [1.82, 2.24) is 20.9 Å². The second-order valence-electron chi connectivity index (χ2n) is 5.81. The van der Waals surface area contributed by atoms with Crippen molar-refractivity contribution in [2.45, 2.75) is 19.4 Å². The van der Waals surface area contributed by atoms with Crippen molar-refractivity contribution < 1.29 is 9.59 Å². The first-order valence-electron chi connectivity index (χ1n) is 8.20. The lowest BCUT2D eigenvalue weighted by Gasteiger charge is -2.14. The summed E-state index contributed by atoms with van der Waals surface area (Å²) in [7, 11) is 1.73. The van der Waals surface area contributed by atoms with Gasteiger partial charge in [0.1, 0.15) is 0 Å². The first kappa shape index (κ1) is 23.7. The summed E-state index contributed by atoms with van der Waals surface area (Å²) in [5, 5.41) is 8.56. The number of amides is 2. The highest BCUT2D eigenvalue weighted by molar-refractivity contribution is 5.94. The number of rotatable bonds is 8. The molecule has 1 aliphatic heterocycles. The van der Waals surface area contributed by atoms with Crippen molar-refractivity contribution in [3.63, 3.8) is 0 Å². The Morgan fingerprint density at radius 2 is 1.68 bits per heavy atom. The minimum absolute atomic E-state index is 0. The SMILES string of the molecule is CNCC(=O)NCc1ccc(C(=O)NCCN2CCCC2)cc1.Cl.Cl. The lowest BCUT2D eigenvalue weighted by atomic mass is 10.1. The normalized spacial score (nSPS) is 13.5. The summed E-state index contributed by atoms with van der Waals surface area (Å²) in [5.74, 6) is -0.0915. The highest BCUT2D eigenvalue weighted by Gasteiger charge is 2.11. The monoisotopic (exact) mass is 390 g/mol. The van der Waals surface area contributed by atoms with Gasteiger partial charge < -0.3 is 20.9 Å². The Morgan fingerprint density at radius 1 is 1.04 bits per heavy atom. The molecule has 0 aliphatic carbocycles. The van der Waals surface area contributed by atoms with Gasteiger partial charge in [-0.15, -0.1) is 24.8 Å². The van der Waals surface area contributed by atoms with Gasteiger partial charge in [0.15, 0.2) is 0 Å². The van der Waals surface area contributed by atoms with E-state index in [9.17, 15) is 9.59 Å². The van der Waals surface area contributed by atoms with Crippen molar-refractivity contribution in [2.24, 2.45) is 0 Å². The van der Waals surface area contributed by atoms with Crippen molar-refractivity contribution in [3.05, 3.63) is 35.4 Å². The van der Waals surface area contributed by atoms with Gasteiger partial charge in [-0.05, 0) is 50.7 Å². The minimum atomic E-state index is -0.0463. The number of nitrogens with one attached hydrogen (secondary N) is 3. The van der Waals surface area contributed by atoms with E-state index >= 15 is 0 Å². The molecule has 25 heavy (non-hydrogen) atoms. The van der Waals surface area contributed by atoms with E-state index in [0.717, 1.165) is 25.2 Å². The number of nitrogens with zero attached hydrogens (tertiary/aromatic N) is 1. The molecule has 0 atom stereocenters. The zero-order chi connectivity index (χ0) is 16.5. The van der Waals surface area contributed by atoms with E-state index in [1.165, 1.54) is 12.8 Å². The molecule has 0 radical (unpaired) electrons. The molecule has 1 aliphatic rings. The molecule has 2 amide bonds. The number of likely N-dealkylation sites (N-methyl/N-ethyl adjacent to an activating group) is 1. The van der Waals surface area contributed by atoms with Crippen LogP contribution >= 0.6 is 24.8 Å². The quantitative estimate of drug-likeness (QED) is 0.623.